The molecule has 0 bridgehead atoms. The van der Waals surface area contributed by atoms with E-state index in [1.54, 1.807) is 18.2 Å². The van der Waals surface area contributed by atoms with Crippen LogP contribution >= 0.6 is 0 Å². The molecular formula is C13H19FO2. The predicted octanol–water partition coefficient (Wildman–Crippen LogP) is 3.09. The van der Waals surface area contributed by atoms with Gasteiger partial charge >= 0.3 is 0 Å². The molecule has 0 amide bonds. The molecule has 1 unspecified atom stereocenters. The molecule has 0 radical (unpaired) electrons. The summed E-state index contributed by atoms with van der Waals surface area (Å²) in [5, 5.41) is 10.5. The average molecular weight is 226 g/mol. The monoisotopic (exact) mass is 226 g/mol. The van der Waals surface area contributed by atoms with E-state index in [2.05, 4.69) is 0 Å². The zero-order valence-corrected chi connectivity index (χ0v) is 10.2. The molecule has 0 spiro atoms. The zero-order valence-electron chi connectivity index (χ0n) is 10.2. The van der Waals surface area contributed by atoms with Crippen LogP contribution in [-0.2, 0) is 5.60 Å². The van der Waals surface area contributed by atoms with Gasteiger partial charge in [0.05, 0.1) is 12.7 Å². The summed E-state index contributed by atoms with van der Waals surface area (Å²) in [6.07, 6.45) is 0.467. The summed E-state index contributed by atoms with van der Waals surface area (Å²) >= 11 is 0. The van der Waals surface area contributed by atoms with Gasteiger partial charge in [-0.15, -0.1) is 0 Å². The van der Waals surface area contributed by atoms with Crippen molar-refractivity contribution < 1.29 is 14.2 Å². The topological polar surface area (TPSA) is 29.5 Å². The fourth-order valence-corrected chi connectivity index (χ4v) is 1.91. The van der Waals surface area contributed by atoms with Gasteiger partial charge in [-0.05, 0) is 18.4 Å². The van der Waals surface area contributed by atoms with Gasteiger partial charge in [0.2, 0.25) is 0 Å². The van der Waals surface area contributed by atoms with Crippen LogP contribution in [0.3, 0.4) is 0 Å². The second kappa shape index (κ2) is 4.83. The van der Waals surface area contributed by atoms with Gasteiger partial charge in [-0.25, -0.2) is 4.39 Å². The van der Waals surface area contributed by atoms with Crippen LogP contribution in [0, 0.1) is 11.7 Å². The molecule has 0 heterocycles. The summed E-state index contributed by atoms with van der Waals surface area (Å²) < 4.78 is 18.9. The fraction of sp³-hybridized carbons (Fsp3) is 0.538. The average Bonchev–Trinajstić information content (AvgIpc) is 2.28. The standard InChI is InChI=1S/C13H19FO2/c1-5-13(15,9(2)3)10-7-6-8-11(16-4)12(10)14/h6-9,15H,5H2,1-4H3. The Labute approximate surface area is 96.1 Å². The van der Waals surface area contributed by atoms with Gasteiger partial charge in [-0.2, -0.15) is 0 Å². The Balaban J connectivity index is 3.31. The number of benzene rings is 1. The van der Waals surface area contributed by atoms with Crippen LogP contribution in [0.5, 0.6) is 5.75 Å². The molecular weight excluding hydrogens is 207 g/mol. The summed E-state index contributed by atoms with van der Waals surface area (Å²) in [5.74, 6) is -0.354. The second-order valence-electron chi connectivity index (χ2n) is 4.25. The molecule has 3 heteroatoms. The van der Waals surface area contributed by atoms with Crippen LogP contribution in [0.15, 0.2) is 18.2 Å². The number of ether oxygens (including phenoxy) is 1. The van der Waals surface area contributed by atoms with Crippen LogP contribution in [-0.4, -0.2) is 12.2 Å². The Kier molecular flexibility index (Phi) is 3.92. The molecule has 1 aromatic carbocycles. The molecule has 90 valence electrons. The lowest BCUT2D eigenvalue weighted by atomic mass is 9.81. The molecule has 0 fully saturated rings. The molecule has 0 aliphatic carbocycles. The molecule has 1 N–H and O–H groups in total. The lowest BCUT2D eigenvalue weighted by Gasteiger charge is -2.32. The molecule has 2 nitrogen and oxygen atoms in total. The lowest BCUT2D eigenvalue weighted by molar-refractivity contribution is -0.0174. The highest BCUT2D eigenvalue weighted by atomic mass is 19.1. The molecule has 1 atom stereocenters. The zero-order chi connectivity index (χ0) is 12.3. The molecule has 0 saturated carbocycles. The van der Waals surface area contributed by atoms with Gasteiger partial charge in [-0.1, -0.05) is 32.9 Å². The summed E-state index contributed by atoms with van der Waals surface area (Å²) in [5.41, 5.74) is -0.831. The molecule has 0 aromatic heterocycles. The third kappa shape index (κ3) is 2.05. The number of rotatable bonds is 4. The minimum Gasteiger partial charge on any atom is -0.494 e. The van der Waals surface area contributed by atoms with Crippen molar-refractivity contribution in [1.29, 1.82) is 0 Å². The van der Waals surface area contributed by atoms with Crippen molar-refractivity contribution in [1.82, 2.24) is 0 Å². The van der Waals surface area contributed by atoms with E-state index in [0.717, 1.165) is 0 Å². The van der Waals surface area contributed by atoms with Crippen molar-refractivity contribution in [2.45, 2.75) is 32.8 Å². The predicted molar refractivity (Wildman–Crippen MR) is 62.0 cm³/mol. The molecule has 0 saturated heterocycles. The lowest BCUT2D eigenvalue weighted by Crippen LogP contribution is -2.32. The highest BCUT2D eigenvalue weighted by molar-refractivity contribution is 5.35. The van der Waals surface area contributed by atoms with Crippen molar-refractivity contribution in [2.24, 2.45) is 5.92 Å². The molecule has 1 aromatic rings. The van der Waals surface area contributed by atoms with Crippen LogP contribution in [0.25, 0.3) is 0 Å². The Morgan fingerprint density at radius 3 is 2.50 bits per heavy atom. The molecule has 0 aliphatic rings. The SMILES string of the molecule is CCC(O)(c1cccc(OC)c1F)C(C)C. The number of aliphatic hydroxyl groups is 1. The van der Waals surface area contributed by atoms with Crippen molar-refractivity contribution in [3.8, 4) is 5.75 Å². The van der Waals surface area contributed by atoms with E-state index in [1.807, 2.05) is 20.8 Å². The maximum atomic E-state index is 14.0. The van der Waals surface area contributed by atoms with Gasteiger partial charge in [-0.3, -0.25) is 0 Å². The third-order valence-corrected chi connectivity index (χ3v) is 3.14. The van der Waals surface area contributed by atoms with Crippen molar-refractivity contribution >= 4 is 0 Å². The first-order valence-corrected chi connectivity index (χ1v) is 5.52. The largest absolute Gasteiger partial charge is 0.494 e. The van der Waals surface area contributed by atoms with E-state index in [1.165, 1.54) is 7.11 Å². The van der Waals surface area contributed by atoms with Gasteiger partial charge in [0.1, 0.15) is 0 Å². The summed E-state index contributed by atoms with van der Waals surface area (Å²) in [7, 11) is 1.42. The first kappa shape index (κ1) is 13.0. The summed E-state index contributed by atoms with van der Waals surface area (Å²) in [6, 6.07) is 4.86. The Bertz CT molecular complexity index is 363. The maximum absolute atomic E-state index is 14.0. The molecule has 0 aliphatic heterocycles. The van der Waals surface area contributed by atoms with Gasteiger partial charge < -0.3 is 9.84 Å². The van der Waals surface area contributed by atoms with Crippen molar-refractivity contribution in [2.75, 3.05) is 7.11 Å². The summed E-state index contributed by atoms with van der Waals surface area (Å²) in [6.45, 7) is 5.60. The van der Waals surface area contributed by atoms with Crippen LogP contribution in [0.1, 0.15) is 32.8 Å². The number of methoxy groups -OCH3 is 1. The van der Waals surface area contributed by atoms with E-state index in [-0.39, 0.29) is 11.7 Å². The first-order chi connectivity index (χ1) is 7.47. The van der Waals surface area contributed by atoms with E-state index < -0.39 is 11.4 Å². The molecule has 1 rings (SSSR count). The highest BCUT2D eigenvalue weighted by Crippen LogP contribution is 2.36. The van der Waals surface area contributed by atoms with Crippen LogP contribution in [0.4, 0.5) is 4.39 Å². The minimum absolute atomic E-state index is 0.0564. The van der Waals surface area contributed by atoms with Gasteiger partial charge in [0.25, 0.3) is 0 Å². The van der Waals surface area contributed by atoms with Crippen LogP contribution in [0.2, 0.25) is 0 Å². The first-order valence-electron chi connectivity index (χ1n) is 5.52. The van der Waals surface area contributed by atoms with E-state index in [9.17, 15) is 9.50 Å². The number of halogens is 1. The third-order valence-electron chi connectivity index (χ3n) is 3.14. The molecule has 16 heavy (non-hydrogen) atoms. The highest BCUT2D eigenvalue weighted by Gasteiger charge is 2.34. The maximum Gasteiger partial charge on any atom is 0.171 e. The normalized spacial score (nSPS) is 14.9. The van der Waals surface area contributed by atoms with E-state index in [0.29, 0.717) is 12.0 Å². The van der Waals surface area contributed by atoms with E-state index >= 15 is 0 Å². The van der Waals surface area contributed by atoms with Crippen molar-refractivity contribution in [3.05, 3.63) is 29.6 Å². The Morgan fingerprint density at radius 2 is 2.06 bits per heavy atom. The fourth-order valence-electron chi connectivity index (χ4n) is 1.91. The smallest absolute Gasteiger partial charge is 0.171 e. The van der Waals surface area contributed by atoms with Crippen LogP contribution < -0.4 is 4.74 Å². The number of hydrogen-bond donors (Lipinski definition) is 1. The quantitative estimate of drug-likeness (QED) is 0.854. The number of hydrogen-bond acceptors (Lipinski definition) is 2. The van der Waals surface area contributed by atoms with Gasteiger partial charge in [0, 0.05) is 5.56 Å². The Hall–Kier alpha value is -1.09. The van der Waals surface area contributed by atoms with Gasteiger partial charge in [0.15, 0.2) is 11.6 Å². The Morgan fingerprint density at radius 1 is 1.44 bits per heavy atom. The van der Waals surface area contributed by atoms with Crippen molar-refractivity contribution in [3.63, 3.8) is 0 Å². The van der Waals surface area contributed by atoms with E-state index in [4.69, 9.17) is 4.74 Å². The minimum atomic E-state index is -1.14. The second-order valence-corrected chi connectivity index (χ2v) is 4.25. The summed E-state index contributed by atoms with van der Waals surface area (Å²) in [4.78, 5) is 0.